The number of aryl methyl sites for hydroxylation is 2. The zero-order valence-electron chi connectivity index (χ0n) is 32.9. The molecule has 4 aliphatic rings. The van der Waals surface area contributed by atoms with E-state index in [9.17, 15) is 0 Å². The molecule has 0 aromatic heterocycles. The standard InChI is InChI=1S/C29H37.C15H14.C5H5.2ClH.Zr/c1-18-25-22-17-19-13-9-10-14-20(19)24(22)21-15-11-12-16-23(21)29(25,8)28(6,7)27(4,5)26(18,2)3;1-12-3-7-14(8-4-12)11-15-9-5-13(2)6-10-15;1-2-4-5-3-1;;;/h9-11,13-15,23H,12,16-17H2,1-8H3;3-10H,1-2H3;1-5H;2*1H;/q-1;;-1;;;+2/p-2. The maximum absolute atomic E-state index is 2.62. The van der Waals surface area contributed by atoms with E-state index in [2.05, 4.69) is 154 Å². The van der Waals surface area contributed by atoms with E-state index in [1.165, 1.54) is 73.7 Å². The Morgan fingerprint density at radius 1 is 0.731 bits per heavy atom. The Balaban J connectivity index is 0.000000221. The van der Waals surface area contributed by atoms with Crippen molar-refractivity contribution in [1.82, 2.24) is 0 Å². The molecule has 1 saturated carbocycles. The van der Waals surface area contributed by atoms with Crippen LogP contribution in [0.4, 0.5) is 0 Å². The van der Waals surface area contributed by atoms with E-state index in [4.69, 9.17) is 0 Å². The predicted molar refractivity (Wildman–Crippen MR) is 212 cm³/mol. The molecule has 0 spiro atoms. The molecule has 2 unspecified atom stereocenters. The fourth-order valence-electron chi connectivity index (χ4n) is 9.50. The predicted octanol–water partition coefficient (Wildman–Crippen LogP) is 6.80. The molecule has 4 aromatic carbocycles. The fraction of sp³-hybridized carbons (Fsp3) is 0.367. The Kier molecular flexibility index (Phi) is 13.0. The quantitative estimate of drug-likeness (QED) is 0.196. The second-order valence-electron chi connectivity index (χ2n) is 16.8. The van der Waals surface area contributed by atoms with E-state index < -0.39 is 0 Å². The first kappa shape index (κ1) is 42.2. The van der Waals surface area contributed by atoms with Gasteiger partial charge in [-0.15, -0.1) is 6.92 Å². The number of rotatable bonds is 2. The molecule has 2 atom stereocenters. The summed E-state index contributed by atoms with van der Waals surface area (Å²) in [6, 6.07) is 36.7. The smallest absolute Gasteiger partial charge is 0.172 e. The SMILES string of the molecule is C[C-]1C2=C3Cc4ccccc4C3=C3C=CCCC3C2(C)C(C)(C)C(C)(C)C1(C)C.Cc1ccc([C](=[Zr+2])c2ccc(C)cc2)cc1.[Cl-].[Cl-].c1cc[cH-]c1. The Morgan fingerprint density at radius 2 is 1.27 bits per heavy atom. The zero-order valence-corrected chi connectivity index (χ0v) is 36.9. The molecule has 0 nitrogen and oxygen atoms in total. The van der Waals surface area contributed by atoms with Crippen LogP contribution in [-0.2, 0) is 30.7 Å². The molecule has 3 heteroatoms. The molecule has 8 rings (SSSR count). The molecule has 0 bridgehead atoms. The second kappa shape index (κ2) is 16.0. The van der Waals surface area contributed by atoms with Gasteiger partial charge in [0.25, 0.3) is 0 Å². The molecule has 1 fully saturated rings. The number of fused-ring (bicyclic) bond motifs is 6. The van der Waals surface area contributed by atoms with E-state index in [1.807, 2.05) is 30.3 Å². The van der Waals surface area contributed by atoms with Crippen LogP contribution in [0.3, 0.4) is 0 Å². The summed E-state index contributed by atoms with van der Waals surface area (Å²) in [6.07, 6.45) is 8.50. The first-order chi connectivity index (χ1) is 23.6. The van der Waals surface area contributed by atoms with Gasteiger partial charge in [0.05, 0.1) is 0 Å². The van der Waals surface area contributed by atoms with Crippen LogP contribution < -0.4 is 24.8 Å². The minimum Gasteiger partial charge on any atom is -1.00 e. The van der Waals surface area contributed by atoms with Crippen molar-refractivity contribution in [2.75, 3.05) is 0 Å². The first-order valence-corrected chi connectivity index (χ1v) is 19.8. The molecule has 0 saturated heterocycles. The average Bonchev–Trinajstić information content (AvgIpc) is 3.81. The Bertz CT molecular complexity index is 1880. The van der Waals surface area contributed by atoms with Crippen molar-refractivity contribution in [2.24, 2.45) is 27.6 Å². The minimum absolute atomic E-state index is 0. The average molecular weight is 807 g/mol. The van der Waals surface area contributed by atoms with Crippen molar-refractivity contribution in [1.29, 1.82) is 0 Å². The van der Waals surface area contributed by atoms with Crippen LogP contribution in [0, 0.1) is 47.3 Å². The van der Waals surface area contributed by atoms with Gasteiger partial charge in [-0.25, -0.2) is 18.1 Å². The third-order valence-electron chi connectivity index (χ3n) is 14.0. The Morgan fingerprint density at radius 3 is 1.79 bits per heavy atom. The topological polar surface area (TPSA) is 0 Å². The van der Waals surface area contributed by atoms with Gasteiger partial charge in [0.1, 0.15) is 0 Å². The van der Waals surface area contributed by atoms with Crippen LogP contribution in [0.5, 0.6) is 0 Å². The maximum Gasteiger partial charge on any atom is -0.172 e. The van der Waals surface area contributed by atoms with Crippen molar-refractivity contribution in [3.8, 4) is 0 Å². The van der Waals surface area contributed by atoms with Crippen molar-refractivity contribution < 1.29 is 49.0 Å². The molecule has 0 radical (unpaired) electrons. The van der Waals surface area contributed by atoms with Gasteiger partial charge >= 0.3 is 112 Å². The molecule has 0 heterocycles. The van der Waals surface area contributed by atoms with E-state index in [0.717, 1.165) is 6.42 Å². The zero-order chi connectivity index (χ0) is 36.1. The monoisotopic (exact) mass is 804 g/mol. The summed E-state index contributed by atoms with van der Waals surface area (Å²) in [4.78, 5) is 0. The summed E-state index contributed by atoms with van der Waals surface area (Å²) in [5, 5.41) is 0. The summed E-state index contributed by atoms with van der Waals surface area (Å²) in [6.45, 7) is 24.5. The number of hydrogen-bond donors (Lipinski definition) is 0. The van der Waals surface area contributed by atoms with E-state index in [-0.39, 0.29) is 46.5 Å². The largest absolute Gasteiger partial charge is 1.00 e. The van der Waals surface area contributed by atoms with Gasteiger partial charge in [-0.3, -0.25) is 0 Å². The molecule has 52 heavy (non-hydrogen) atoms. The van der Waals surface area contributed by atoms with Crippen molar-refractivity contribution >= 4 is 8.78 Å². The maximum atomic E-state index is 2.62. The molecular weight excluding hydrogens is 751 g/mol. The van der Waals surface area contributed by atoms with Crippen LogP contribution in [0.1, 0.15) is 102 Å². The van der Waals surface area contributed by atoms with E-state index >= 15 is 0 Å². The van der Waals surface area contributed by atoms with Gasteiger partial charge in [-0.05, 0) is 40.6 Å². The molecule has 0 aliphatic heterocycles. The minimum atomic E-state index is 0. The van der Waals surface area contributed by atoms with Gasteiger partial charge in [-0.1, -0.05) is 113 Å². The summed E-state index contributed by atoms with van der Waals surface area (Å²) in [5.74, 6) is 2.24. The molecule has 0 amide bonds. The summed E-state index contributed by atoms with van der Waals surface area (Å²) in [7, 11) is 0. The molecule has 272 valence electrons. The van der Waals surface area contributed by atoms with Crippen LogP contribution in [0.15, 0.2) is 132 Å². The fourth-order valence-corrected chi connectivity index (χ4v) is 10.3. The Labute approximate surface area is 342 Å². The first-order valence-electron chi connectivity index (χ1n) is 18.6. The number of hydrogen-bond acceptors (Lipinski definition) is 0. The van der Waals surface area contributed by atoms with Gasteiger partial charge in [-0.2, -0.15) is 29.3 Å². The molecule has 4 aliphatic carbocycles. The molecular formula is C49H56Cl2Zr-2. The summed E-state index contributed by atoms with van der Waals surface area (Å²) in [5.41, 5.74) is 15.6. The Hall–Kier alpha value is -2.57. The van der Waals surface area contributed by atoms with Crippen molar-refractivity contribution in [3.05, 3.63) is 171 Å². The number of halogens is 2. The van der Waals surface area contributed by atoms with Crippen LogP contribution in [-0.4, -0.2) is 3.21 Å². The van der Waals surface area contributed by atoms with Crippen molar-refractivity contribution in [2.45, 2.75) is 88.5 Å². The second-order valence-corrected chi connectivity index (χ2v) is 18.1. The molecule has 4 aromatic rings. The van der Waals surface area contributed by atoms with Gasteiger partial charge in [0, 0.05) is 0 Å². The molecule has 0 N–H and O–H groups in total. The van der Waals surface area contributed by atoms with Gasteiger partial charge < -0.3 is 24.8 Å². The van der Waals surface area contributed by atoms with Crippen LogP contribution in [0.2, 0.25) is 0 Å². The van der Waals surface area contributed by atoms with E-state index in [1.54, 1.807) is 28.2 Å². The summed E-state index contributed by atoms with van der Waals surface area (Å²) < 4.78 is 1.42. The summed E-state index contributed by atoms with van der Waals surface area (Å²) >= 11 is 1.46. The third kappa shape index (κ3) is 6.94. The van der Waals surface area contributed by atoms with E-state index in [0.29, 0.717) is 5.92 Å². The van der Waals surface area contributed by atoms with Crippen LogP contribution >= 0.6 is 0 Å². The normalized spacial score (nSPS) is 22.5. The van der Waals surface area contributed by atoms with Gasteiger partial charge in [0.15, 0.2) is 0 Å². The van der Waals surface area contributed by atoms with Crippen molar-refractivity contribution in [3.63, 3.8) is 0 Å². The van der Waals surface area contributed by atoms with Gasteiger partial charge in [0.2, 0.25) is 0 Å². The number of benzene rings is 3. The third-order valence-corrected chi connectivity index (χ3v) is 15.4. The number of allylic oxidation sites excluding steroid dienone is 6. The van der Waals surface area contributed by atoms with Crippen LogP contribution in [0.25, 0.3) is 5.57 Å².